The Bertz CT molecular complexity index is 834. The normalized spacial score (nSPS) is 17.5. The average molecular weight is 320 g/mol. The second-order valence-corrected chi connectivity index (χ2v) is 6.49. The SMILES string of the molecule is CC(c1nc2c(c(N)c1C#N)Cc1ccccc1O2)N1CCCC1. The summed E-state index contributed by atoms with van der Waals surface area (Å²) in [5.41, 5.74) is 9.98. The number of nitrogens with zero attached hydrogens (tertiary/aromatic N) is 3. The van der Waals surface area contributed by atoms with Crippen LogP contribution in [0, 0.1) is 11.3 Å². The lowest BCUT2D eigenvalue weighted by atomic mass is 9.96. The number of nitrogen functional groups attached to an aromatic ring is 1. The van der Waals surface area contributed by atoms with Gasteiger partial charge in [-0.25, -0.2) is 4.98 Å². The summed E-state index contributed by atoms with van der Waals surface area (Å²) < 4.78 is 5.99. The lowest BCUT2D eigenvalue weighted by molar-refractivity contribution is 0.256. The van der Waals surface area contributed by atoms with Crippen molar-refractivity contribution in [2.45, 2.75) is 32.2 Å². The minimum Gasteiger partial charge on any atom is -0.438 e. The molecule has 2 aliphatic rings. The van der Waals surface area contributed by atoms with Gasteiger partial charge in [0.05, 0.1) is 23.0 Å². The number of ether oxygens (including phenoxy) is 1. The summed E-state index contributed by atoms with van der Waals surface area (Å²) in [7, 11) is 0. The van der Waals surface area contributed by atoms with Crippen LogP contribution in [-0.4, -0.2) is 23.0 Å². The van der Waals surface area contributed by atoms with Crippen LogP contribution in [0.15, 0.2) is 24.3 Å². The maximum absolute atomic E-state index is 9.66. The second-order valence-electron chi connectivity index (χ2n) is 6.49. The minimum atomic E-state index is 0.0653. The number of anilines is 1. The maximum Gasteiger partial charge on any atom is 0.225 e. The highest BCUT2D eigenvalue weighted by molar-refractivity contribution is 5.67. The van der Waals surface area contributed by atoms with Gasteiger partial charge in [0.25, 0.3) is 0 Å². The van der Waals surface area contributed by atoms with Gasteiger partial charge in [-0.05, 0) is 44.5 Å². The third-order valence-electron chi connectivity index (χ3n) is 5.07. The van der Waals surface area contributed by atoms with Crippen LogP contribution >= 0.6 is 0 Å². The molecule has 0 aliphatic carbocycles. The zero-order valence-electron chi connectivity index (χ0n) is 13.7. The molecule has 1 saturated heterocycles. The molecular weight excluding hydrogens is 300 g/mol. The average Bonchev–Trinajstić information content (AvgIpc) is 3.14. The molecule has 2 N–H and O–H groups in total. The lowest BCUT2D eigenvalue weighted by Crippen LogP contribution is -2.26. The Hall–Kier alpha value is -2.58. The predicted molar refractivity (Wildman–Crippen MR) is 91.9 cm³/mol. The van der Waals surface area contributed by atoms with Crippen molar-refractivity contribution in [3.8, 4) is 17.7 Å². The maximum atomic E-state index is 9.66. The van der Waals surface area contributed by atoms with Gasteiger partial charge in [0.15, 0.2) is 0 Å². The molecular formula is C19H20N4O. The summed E-state index contributed by atoms with van der Waals surface area (Å²) >= 11 is 0. The van der Waals surface area contributed by atoms with Gasteiger partial charge in [-0.3, -0.25) is 4.90 Å². The van der Waals surface area contributed by atoms with Crippen molar-refractivity contribution in [2.75, 3.05) is 18.8 Å². The molecule has 24 heavy (non-hydrogen) atoms. The second kappa shape index (κ2) is 5.81. The fourth-order valence-corrected chi connectivity index (χ4v) is 3.66. The van der Waals surface area contributed by atoms with E-state index < -0.39 is 0 Å². The zero-order valence-corrected chi connectivity index (χ0v) is 13.7. The molecule has 4 rings (SSSR count). The van der Waals surface area contributed by atoms with Crippen LogP contribution in [0.3, 0.4) is 0 Å². The number of nitriles is 1. The molecule has 5 heteroatoms. The Morgan fingerprint density at radius 1 is 1.29 bits per heavy atom. The number of likely N-dealkylation sites (tertiary alicyclic amines) is 1. The van der Waals surface area contributed by atoms with E-state index in [4.69, 9.17) is 15.5 Å². The quantitative estimate of drug-likeness (QED) is 0.783. The molecule has 0 bridgehead atoms. The molecule has 0 spiro atoms. The molecule has 1 fully saturated rings. The van der Waals surface area contributed by atoms with Gasteiger partial charge in [0.1, 0.15) is 11.8 Å². The molecule has 1 aromatic carbocycles. The number of hydrogen-bond donors (Lipinski definition) is 1. The van der Waals surface area contributed by atoms with Crippen molar-refractivity contribution in [3.05, 3.63) is 46.6 Å². The van der Waals surface area contributed by atoms with E-state index >= 15 is 0 Å². The standard InChI is InChI=1S/C19H20N4O/c1-12(23-8-4-5-9-23)18-15(11-20)17(21)14-10-13-6-2-3-7-16(13)24-19(14)22-18/h2-3,6-7,12H,4-5,8-10H2,1H3,(H2,21,22). The van der Waals surface area contributed by atoms with Crippen molar-refractivity contribution in [3.63, 3.8) is 0 Å². The van der Waals surface area contributed by atoms with E-state index in [0.29, 0.717) is 23.6 Å². The Balaban J connectivity index is 1.80. The van der Waals surface area contributed by atoms with Crippen LogP contribution in [-0.2, 0) is 6.42 Å². The van der Waals surface area contributed by atoms with Gasteiger partial charge in [0.2, 0.25) is 5.88 Å². The first-order valence-corrected chi connectivity index (χ1v) is 8.41. The number of pyridine rings is 1. The van der Waals surface area contributed by atoms with E-state index in [0.717, 1.165) is 35.7 Å². The highest BCUT2D eigenvalue weighted by atomic mass is 16.5. The first kappa shape index (κ1) is 15.0. The Morgan fingerprint density at radius 3 is 2.79 bits per heavy atom. The van der Waals surface area contributed by atoms with Crippen LogP contribution in [0.2, 0.25) is 0 Å². The number of hydrogen-bond acceptors (Lipinski definition) is 5. The predicted octanol–water partition coefficient (Wildman–Crippen LogP) is 3.39. The van der Waals surface area contributed by atoms with Crippen LogP contribution in [0.5, 0.6) is 11.6 Å². The first-order chi connectivity index (χ1) is 11.7. The van der Waals surface area contributed by atoms with Crippen molar-refractivity contribution in [1.82, 2.24) is 9.88 Å². The van der Waals surface area contributed by atoms with E-state index in [1.807, 2.05) is 24.3 Å². The smallest absolute Gasteiger partial charge is 0.225 e. The number of benzene rings is 1. The molecule has 2 aliphatic heterocycles. The number of nitrogens with two attached hydrogens (primary N) is 1. The number of rotatable bonds is 2. The molecule has 2 aromatic rings. The largest absolute Gasteiger partial charge is 0.438 e. The minimum absolute atomic E-state index is 0.0653. The summed E-state index contributed by atoms with van der Waals surface area (Å²) in [4.78, 5) is 7.07. The molecule has 122 valence electrons. The highest BCUT2D eigenvalue weighted by Gasteiger charge is 2.29. The summed E-state index contributed by atoms with van der Waals surface area (Å²) in [5.74, 6) is 1.37. The molecule has 5 nitrogen and oxygen atoms in total. The fourth-order valence-electron chi connectivity index (χ4n) is 3.66. The van der Waals surface area contributed by atoms with E-state index in [9.17, 15) is 5.26 Å². The van der Waals surface area contributed by atoms with Crippen molar-refractivity contribution in [2.24, 2.45) is 0 Å². The Morgan fingerprint density at radius 2 is 2.04 bits per heavy atom. The molecule has 1 aromatic heterocycles. The van der Waals surface area contributed by atoms with Gasteiger partial charge in [0, 0.05) is 12.0 Å². The summed E-state index contributed by atoms with van der Waals surface area (Å²) in [6, 6.07) is 10.2. The van der Waals surface area contributed by atoms with Crippen LogP contribution in [0.4, 0.5) is 5.69 Å². The molecule has 0 saturated carbocycles. The van der Waals surface area contributed by atoms with Crippen LogP contribution in [0.25, 0.3) is 0 Å². The van der Waals surface area contributed by atoms with Crippen molar-refractivity contribution in [1.29, 1.82) is 5.26 Å². The molecule has 1 unspecified atom stereocenters. The third-order valence-corrected chi connectivity index (χ3v) is 5.07. The number of para-hydroxylation sites is 1. The van der Waals surface area contributed by atoms with Gasteiger partial charge in [-0.15, -0.1) is 0 Å². The lowest BCUT2D eigenvalue weighted by Gasteiger charge is -2.27. The van der Waals surface area contributed by atoms with Crippen LogP contribution in [0.1, 0.15) is 48.2 Å². The van der Waals surface area contributed by atoms with E-state index in [-0.39, 0.29) is 6.04 Å². The molecule has 3 heterocycles. The van der Waals surface area contributed by atoms with E-state index in [2.05, 4.69) is 17.9 Å². The number of aromatic nitrogens is 1. The van der Waals surface area contributed by atoms with Crippen LogP contribution < -0.4 is 10.5 Å². The highest BCUT2D eigenvalue weighted by Crippen LogP contribution is 2.41. The Labute approximate surface area is 141 Å². The molecule has 1 atom stereocenters. The molecule has 0 radical (unpaired) electrons. The van der Waals surface area contributed by atoms with Gasteiger partial charge < -0.3 is 10.5 Å². The van der Waals surface area contributed by atoms with Crippen molar-refractivity contribution >= 4 is 5.69 Å². The summed E-state index contributed by atoms with van der Waals surface area (Å²) in [6.07, 6.45) is 3.03. The fraction of sp³-hybridized carbons (Fsp3) is 0.368. The van der Waals surface area contributed by atoms with Gasteiger partial charge >= 0.3 is 0 Å². The van der Waals surface area contributed by atoms with E-state index in [1.165, 1.54) is 12.8 Å². The zero-order chi connectivity index (χ0) is 16.7. The first-order valence-electron chi connectivity index (χ1n) is 8.41. The van der Waals surface area contributed by atoms with Crippen molar-refractivity contribution < 1.29 is 4.74 Å². The number of fused-ring (bicyclic) bond motifs is 2. The van der Waals surface area contributed by atoms with E-state index in [1.54, 1.807) is 0 Å². The summed E-state index contributed by atoms with van der Waals surface area (Å²) in [5, 5.41) is 9.66. The topological polar surface area (TPSA) is 75.2 Å². The monoisotopic (exact) mass is 320 g/mol. The third kappa shape index (κ3) is 2.31. The molecule has 0 amide bonds. The van der Waals surface area contributed by atoms with Gasteiger partial charge in [-0.1, -0.05) is 18.2 Å². The van der Waals surface area contributed by atoms with Gasteiger partial charge in [-0.2, -0.15) is 5.26 Å². The summed E-state index contributed by atoms with van der Waals surface area (Å²) in [6.45, 7) is 4.17. The Kier molecular flexibility index (Phi) is 3.62.